The monoisotopic (exact) mass is 538 g/mol. The van der Waals surface area contributed by atoms with E-state index in [9.17, 15) is 14.1 Å². The lowest BCUT2D eigenvalue weighted by Crippen LogP contribution is -2.56. The highest BCUT2D eigenvalue weighted by Crippen LogP contribution is 2.40. The minimum Gasteiger partial charge on any atom is -0.616 e. The lowest BCUT2D eigenvalue weighted by Gasteiger charge is -2.35. The lowest BCUT2D eigenvalue weighted by atomic mass is 9.92. The zero-order chi connectivity index (χ0) is 25.9. The van der Waals surface area contributed by atoms with Crippen molar-refractivity contribution in [3.8, 4) is 11.1 Å². The van der Waals surface area contributed by atoms with Crippen molar-refractivity contribution in [2.75, 3.05) is 25.1 Å². The van der Waals surface area contributed by atoms with Crippen LogP contribution < -0.4 is 10.6 Å². The van der Waals surface area contributed by atoms with Crippen molar-refractivity contribution in [1.82, 2.24) is 20.5 Å². The predicted molar refractivity (Wildman–Crippen MR) is 150 cm³/mol. The number of nitrogens with one attached hydrogen (secondary N) is 2. The van der Waals surface area contributed by atoms with Gasteiger partial charge >= 0.3 is 0 Å². The molecule has 9 heteroatoms. The molecule has 0 aliphatic carbocycles. The van der Waals surface area contributed by atoms with Crippen molar-refractivity contribution in [2.45, 2.75) is 50.7 Å². The van der Waals surface area contributed by atoms with E-state index in [1.807, 2.05) is 23.1 Å². The number of aromatic nitrogens is 1. The van der Waals surface area contributed by atoms with Crippen LogP contribution in [0.4, 0.5) is 0 Å². The number of nitrogens with zero attached hydrogens (tertiary/aromatic N) is 2. The normalized spacial score (nSPS) is 23.6. The molecule has 2 N–H and O–H groups in total. The molecule has 0 spiro atoms. The van der Waals surface area contributed by atoms with Crippen LogP contribution in [0.1, 0.15) is 43.7 Å². The Labute approximate surface area is 225 Å². The van der Waals surface area contributed by atoms with Gasteiger partial charge in [0.05, 0.1) is 22.3 Å². The van der Waals surface area contributed by atoms with Gasteiger partial charge in [0.15, 0.2) is 0 Å². The fourth-order valence-corrected chi connectivity index (χ4v) is 7.84. The van der Waals surface area contributed by atoms with Gasteiger partial charge in [-0.3, -0.25) is 9.59 Å². The fourth-order valence-electron chi connectivity index (χ4n) is 5.36. The van der Waals surface area contributed by atoms with E-state index in [1.54, 1.807) is 25.3 Å². The second-order valence-corrected chi connectivity index (χ2v) is 12.7. The number of carbonyl (C=O) groups is 2. The van der Waals surface area contributed by atoms with E-state index in [0.29, 0.717) is 30.9 Å². The van der Waals surface area contributed by atoms with Crippen molar-refractivity contribution in [3.05, 3.63) is 53.5 Å². The molecule has 2 aliphatic heterocycles. The quantitative estimate of drug-likeness (QED) is 0.445. The second-order valence-electron chi connectivity index (χ2n) is 9.94. The summed E-state index contributed by atoms with van der Waals surface area (Å²) in [4.78, 5) is 33.9. The van der Waals surface area contributed by atoms with Gasteiger partial charge in [-0.15, -0.1) is 11.3 Å². The standard InChI is InChI=1S/C28H34N4O3S2/c1-18(29-2)26(33)30-24(20-13-16-37(35)17-14-20)28(34)32-15-7-11-22(32)27-31-25-21(10-6-12-23(25)36-27)19-8-4-3-5-9-19/h3-6,8-10,12,18,20,22,24,29H,7,11,13-17H2,1-2H3,(H,30,33)/t18-,20?,22-,24-,37?/m0/s1. The number of para-hydroxylation sites is 1. The summed E-state index contributed by atoms with van der Waals surface area (Å²) in [6.45, 7) is 2.44. The summed E-state index contributed by atoms with van der Waals surface area (Å²) in [6, 6.07) is 15.4. The van der Waals surface area contributed by atoms with Gasteiger partial charge in [-0.25, -0.2) is 4.98 Å². The minimum atomic E-state index is -0.838. The van der Waals surface area contributed by atoms with Crippen LogP contribution in [0.25, 0.3) is 21.3 Å². The third kappa shape index (κ3) is 5.55. The lowest BCUT2D eigenvalue weighted by molar-refractivity contribution is -0.139. The Balaban J connectivity index is 1.43. The van der Waals surface area contributed by atoms with Gasteiger partial charge in [-0.05, 0) is 57.2 Å². The van der Waals surface area contributed by atoms with Crippen molar-refractivity contribution < 1.29 is 14.1 Å². The Morgan fingerprint density at radius 2 is 1.86 bits per heavy atom. The first-order valence-corrected chi connectivity index (χ1v) is 15.3. The number of hydrogen-bond acceptors (Lipinski definition) is 6. The number of rotatable bonds is 7. The topological polar surface area (TPSA) is 97.4 Å². The molecule has 2 aliphatic rings. The first-order chi connectivity index (χ1) is 18.0. The molecule has 1 aromatic heterocycles. The molecule has 5 rings (SSSR count). The number of thiazole rings is 1. The highest BCUT2D eigenvalue weighted by atomic mass is 32.2. The number of likely N-dealkylation sites (N-methyl/N-ethyl adjacent to an activating group) is 1. The van der Waals surface area contributed by atoms with E-state index in [-0.39, 0.29) is 23.8 Å². The maximum atomic E-state index is 14.1. The van der Waals surface area contributed by atoms with Crippen molar-refractivity contribution in [1.29, 1.82) is 0 Å². The molecule has 2 amide bonds. The average molecular weight is 539 g/mol. The summed E-state index contributed by atoms with van der Waals surface area (Å²) in [5.41, 5.74) is 3.19. The van der Waals surface area contributed by atoms with Crippen molar-refractivity contribution in [3.63, 3.8) is 0 Å². The molecule has 2 saturated heterocycles. The molecule has 196 valence electrons. The number of likely N-dealkylation sites (tertiary alicyclic amines) is 1. The number of fused-ring (bicyclic) bond motifs is 1. The summed E-state index contributed by atoms with van der Waals surface area (Å²) in [7, 11) is 1.73. The van der Waals surface area contributed by atoms with Gasteiger partial charge in [0.2, 0.25) is 11.8 Å². The molecular weight excluding hydrogens is 504 g/mol. The van der Waals surface area contributed by atoms with Crippen LogP contribution in [-0.4, -0.2) is 63.4 Å². The maximum absolute atomic E-state index is 14.1. The van der Waals surface area contributed by atoms with Gasteiger partial charge in [0.25, 0.3) is 0 Å². The molecule has 0 bridgehead atoms. The molecule has 3 atom stereocenters. The smallest absolute Gasteiger partial charge is 0.246 e. The van der Waals surface area contributed by atoms with Gasteiger partial charge in [0, 0.05) is 12.1 Å². The predicted octanol–water partition coefficient (Wildman–Crippen LogP) is 3.88. The van der Waals surface area contributed by atoms with Crippen LogP contribution in [0.2, 0.25) is 0 Å². The van der Waals surface area contributed by atoms with Crippen LogP contribution >= 0.6 is 11.3 Å². The molecule has 2 aromatic carbocycles. The Hall–Kier alpha value is -2.46. The summed E-state index contributed by atoms with van der Waals surface area (Å²) in [5.74, 6) is 0.917. The van der Waals surface area contributed by atoms with E-state index in [2.05, 4.69) is 41.0 Å². The van der Waals surface area contributed by atoms with E-state index < -0.39 is 23.3 Å². The van der Waals surface area contributed by atoms with Crippen molar-refractivity contribution in [2.24, 2.45) is 5.92 Å². The van der Waals surface area contributed by atoms with Crippen LogP contribution in [0.15, 0.2) is 48.5 Å². The molecule has 7 nitrogen and oxygen atoms in total. The third-order valence-corrected chi connectivity index (χ3v) is 10.1. The molecular formula is C28H34N4O3S2. The number of hydrogen-bond donors (Lipinski definition) is 2. The molecule has 3 heterocycles. The molecule has 37 heavy (non-hydrogen) atoms. The number of carbonyl (C=O) groups excluding carboxylic acids is 2. The van der Waals surface area contributed by atoms with E-state index in [4.69, 9.17) is 4.98 Å². The van der Waals surface area contributed by atoms with Gasteiger partial charge in [0.1, 0.15) is 22.6 Å². The summed E-state index contributed by atoms with van der Waals surface area (Å²) in [6.07, 6.45) is 3.11. The molecule has 3 aromatic rings. The third-order valence-electron chi connectivity index (χ3n) is 7.64. The van der Waals surface area contributed by atoms with Crippen LogP contribution in [0.3, 0.4) is 0 Å². The van der Waals surface area contributed by atoms with Crippen LogP contribution in [0, 0.1) is 5.92 Å². The fraction of sp³-hybridized carbons (Fsp3) is 0.464. The number of amides is 2. The largest absolute Gasteiger partial charge is 0.616 e. The van der Waals surface area contributed by atoms with E-state index >= 15 is 0 Å². The molecule has 0 radical (unpaired) electrons. The number of benzene rings is 2. The molecule has 0 saturated carbocycles. The minimum absolute atomic E-state index is 0.0143. The second kappa shape index (κ2) is 11.5. The first-order valence-electron chi connectivity index (χ1n) is 13.0. The molecule has 2 fully saturated rings. The van der Waals surface area contributed by atoms with Gasteiger partial charge < -0.3 is 20.1 Å². The molecule has 0 unspecified atom stereocenters. The zero-order valence-electron chi connectivity index (χ0n) is 21.3. The van der Waals surface area contributed by atoms with Crippen molar-refractivity contribution >= 4 is 44.5 Å². The Kier molecular flexibility index (Phi) is 8.14. The van der Waals surface area contributed by atoms with Gasteiger partial charge in [-0.1, -0.05) is 53.6 Å². The van der Waals surface area contributed by atoms with Crippen LogP contribution in [-0.2, 0) is 20.8 Å². The summed E-state index contributed by atoms with van der Waals surface area (Å²) in [5, 5.41) is 6.96. The Bertz CT molecular complexity index is 1240. The van der Waals surface area contributed by atoms with Gasteiger partial charge in [-0.2, -0.15) is 0 Å². The zero-order valence-corrected chi connectivity index (χ0v) is 22.9. The SMILES string of the molecule is CN[C@@H](C)C(=O)N[C@H](C(=O)N1CCC[C@H]1c1nc2c(-c3ccccc3)cccc2s1)C1CC[S+]([O-])CC1. The Morgan fingerprint density at radius 1 is 1.11 bits per heavy atom. The van der Waals surface area contributed by atoms with E-state index in [1.165, 1.54) is 0 Å². The highest BCUT2D eigenvalue weighted by molar-refractivity contribution is 7.91. The van der Waals surface area contributed by atoms with Crippen LogP contribution in [0.5, 0.6) is 0 Å². The Morgan fingerprint density at radius 3 is 2.59 bits per heavy atom. The average Bonchev–Trinajstić information content (AvgIpc) is 3.59. The van der Waals surface area contributed by atoms with E-state index in [0.717, 1.165) is 39.2 Å². The highest BCUT2D eigenvalue weighted by Gasteiger charge is 2.41. The maximum Gasteiger partial charge on any atom is 0.246 e. The summed E-state index contributed by atoms with van der Waals surface area (Å²) >= 11 is 0.814. The summed E-state index contributed by atoms with van der Waals surface area (Å²) < 4.78 is 13.1. The first kappa shape index (κ1) is 26.2.